The van der Waals surface area contributed by atoms with Crippen LogP contribution in [0, 0.1) is 19.8 Å². The summed E-state index contributed by atoms with van der Waals surface area (Å²) < 4.78 is 27.3. The van der Waals surface area contributed by atoms with Crippen molar-refractivity contribution in [2.75, 3.05) is 10.8 Å². The summed E-state index contributed by atoms with van der Waals surface area (Å²) in [5, 5.41) is 0.0777. The molecule has 0 bridgehead atoms. The smallest absolute Gasteiger partial charge is 0.265 e. The molecule has 0 atom stereocenters. The molecular formula is C17H22N2O2S. The lowest BCUT2D eigenvalue weighted by Crippen LogP contribution is -2.34. The van der Waals surface area contributed by atoms with Gasteiger partial charge in [-0.2, -0.15) is 8.42 Å². The van der Waals surface area contributed by atoms with E-state index in [-0.39, 0.29) is 10.9 Å². The third-order valence-electron chi connectivity index (χ3n) is 3.50. The average Bonchev–Trinajstić information content (AvgIpc) is 2.48. The van der Waals surface area contributed by atoms with Crippen LogP contribution in [0.3, 0.4) is 0 Å². The molecule has 0 fully saturated rings. The van der Waals surface area contributed by atoms with Gasteiger partial charge in [-0.1, -0.05) is 26.0 Å². The van der Waals surface area contributed by atoms with Crippen molar-refractivity contribution >= 4 is 15.7 Å². The number of hydrogen-bond acceptors (Lipinski definition) is 3. The fourth-order valence-electron chi connectivity index (χ4n) is 2.17. The van der Waals surface area contributed by atoms with Crippen molar-refractivity contribution in [3.63, 3.8) is 0 Å². The molecule has 1 aromatic heterocycles. The summed E-state index contributed by atoms with van der Waals surface area (Å²) in [4.78, 5) is 4.01. The van der Waals surface area contributed by atoms with Crippen LogP contribution in [0.5, 0.6) is 0 Å². The summed E-state index contributed by atoms with van der Waals surface area (Å²) in [7, 11) is -3.66. The van der Waals surface area contributed by atoms with E-state index in [0.29, 0.717) is 12.2 Å². The Morgan fingerprint density at radius 3 is 2.36 bits per heavy atom. The number of nitrogens with zero attached hydrogens (tertiary/aromatic N) is 2. The van der Waals surface area contributed by atoms with E-state index in [1.54, 1.807) is 12.1 Å². The Bertz CT molecular complexity index is 741. The molecule has 1 heterocycles. The summed E-state index contributed by atoms with van der Waals surface area (Å²) in [5.41, 5.74) is 2.90. The van der Waals surface area contributed by atoms with Crippen molar-refractivity contribution in [2.24, 2.45) is 5.92 Å². The van der Waals surface area contributed by atoms with E-state index in [0.717, 1.165) is 11.1 Å². The molecule has 1 aromatic carbocycles. The predicted molar refractivity (Wildman–Crippen MR) is 89.5 cm³/mol. The fourth-order valence-corrected chi connectivity index (χ4v) is 3.72. The summed E-state index contributed by atoms with van der Waals surface area (Å²) in [5.74, 6) is 0.208. The van der Waals surface area contributed by atoms with Gasteiger partial charge in [0.25, 0.3) is 10.0 Å². The van der Waals surface area contributed by atoms with Crippen LogP contribution in [-0.4, -0.2) is 19.9 Å². The monoisotopic (exact) mass is 318 g/mol. The third kappa shape index (κ3) is 3.47. The molecule has 0 N–H and O–H groups in total. The van der Waals surface area contributed by atoms with E-state index >= 15 is 0 Å². The van der Waals surface area contributed by atoms with Gasteiger partial charge in [-0.15, -0.1) is 0 Å². The highest BCUT2D eigenvalue weighted by atomic mass is 32.2. The average molecular weight is 318 g/mol. The molecule has 0 aliphatic carbocycles. The van der Waals surface area contributed by atoms with Gasteiger partial charge in [0.15, 0.2) is 5.03 Å². The number of rotatable bonds is 5. The SMILES string of the molecule is Cc1ccc(N(CC(C)C)S(=O)(=O)c2ccccn2)cc1C. The molecule has 0 unspecified atom stereocenters. The summed E-state index contributed by atoms with van der Waals surface area (Å²) in [6, 6.07) is 10.6. The molecule has 0 saturated carbocycles. The van der Waals surface area contributed by atoms with Crippen LogP contribution in [0.25, 0.3) is 0 Å². The second-order valence-corrected chi connectivity index (χ2v) is 7.68. The van der Waals surface area contributed by atoms with Crippen molar-refractivity contribution in [3.05, 3.63) is 53.7 Å². The van der Waals surface area contributed by atoms with E-state index in [1.165, 1.54) is 16.6 Å². The van der Waals surface area contributed by atoms with Gasteiger partial charge < -0.3 is 0 Å². The first-order valence-electron chi connectivity index (χ1n) is 7.33. The summed E-state index contributed by atoms with van der Waals surface area (Å²) >= 11 is 0. The lowest BCUT2D eigenvalue weighted by atomic mass is 10.1. The summed E-state index contributed by atoms with van der Waals surface area (Å²) in [6.45, 7) is 8.42. The van der Waals surface area contributed by atoms with Gasteiger partial charge in [0.05, 0.1) is 5.69 Å². The molecule has 2 aromatic rings. The highest BCUT2D eigenvalue weighted by Gasteiger charge is 2.26. The second kappa shape index (κ2) is 6.48. The highest BCUT2D eigenvalue weighted by Crippen LogP contribution is 2.25. The Morgan fingerprint density at radius 1 is 1.09 bits per heavy atom. The van der Waals surface area contributed by atoms with Gasteiger partial charge in [0.2, 0.25) is 0 Å². The number of aromatic nitrogens is 1. The minimum absolute atomic E-state index is 0.0777. The van der Waals surface area contributed by atoms with E-state index in [1.807, 2.05) is 45.9 Å². The maximum absolute atomic E-state index is 12.9. The lowest BCUT2D eigenvalue weighted by molar-refractivity contribution is 0.574. The van der Waals surface area contributed by atoms with Gasteiger partial charge in [-0.05, 0) is 55.2 Å². The number of hydrogen-bond donors (Lipinski definition) is 0. The van der Waals surface area contributed by atoms with E-state index < -0.39 is 10.0 Å². The Hall–Kier alpha value is -1.88. The number of pyridine rings is 1. The van der Waals surface area contributed by atoms with Gasteiger partial charge >= 0.3 is 0 Å². The molecule has 0 radical (unpaired) electrons. The van der Waals surface area contributed by atoms with Gasteiger partial charge in [-0.3, -0.25) is 4.31 Å². The van der Waals surface area contributed by atoms with Crippen LogP contribution >= 0.6 is 0 Å². The fraction of sp³-hybridized carbons (Fsp3) is 0.353. The van der Waals surface area contributed by atoms with Gasteiger partial charge in [0, 0.05) is 12.7 Å². The zero-order valence-electron chi connectivity index (χ0n) is 13.4. The molecule has 0 aliphatic rings. The molecule has 2 rings (SSSR count). The maximum atomic E-state index is 12.9. The van der Waals surface area contributed by atoms with E-state index in [2.05, 4.69) is 4.98 Å². The molecule has 22 heavy (non-hydrogen) atoms. The van der Waals surface area contributed by atoms with Crippen LogP contribution in [0.4, 0.5) is 5.69 Å². The molecule has 0 amide bonds. The quantitative estimate of drug-likeness (QED) is 0.847. The summed E-state index contributed by atoms with van der Waals surface area (Å²) in [6.07, 6.45) is 1.50. The highest BCUT2D eigenvalue weighted by molar-refractivity contribution is 7.92. The lowest BCUT2D eigenvalue weighted by Gasteiger charge is -2.26. The zero-order chi connectivity index (χ0) is 16.3. The molecule has 0 aliphatic heterocycles. The van der Waals surface area contributed by atoms with Crippen LogP contribution in [0.15, 0.2) is 47.6 Å². The number of aryl methyl sites for hydroxylation is 2. The number of benzene rings is 1. The number of sulfonamides is 1. The Labute approximate surface area is 132 Å². The Kier molecular flexibility index (Phi) is 4.86. The number of anilines is 1. The third-order valence-corrected chi connectivity index (χ3v) is 5.21. The molecule has 4 nitrogen and oxygen atoms in total. The van der Waals surface area contributed by atoms with Gasteiger partial charge in [-0.25, -0.2) is 4.98 Å². The van der Waals surface area contributed by atoms with Crippen molar-refractivity contribution < 1.29 is 8.42 Å². The van der Waals surface area contributed by atoms with Crippen LogP contribution in [-0.2, 0) is 10.0 Å². The molecule has 0 saturated heterocycles. The van der Waals surface area contributed by atoms with E-state index in [4.69, 9.17) is 0 Å². The first-order valence-corrected chi connectivity index (χ1v) is 8.77. The van der Waals surface area contributed by atoms with Crippen LogP contribution in [0.2, 0.25) is 0 Å². The van der Waals surface area contributed by atoms with E-state index in [9.17, 15) is 8.42 Å². The topological polar surface area (TPSA) is 50.3 Å². The molecule has 0 spiro atoms. The maximum Gasteiger partial charge on any atom is 0.281 e. The molecular weight excluding hydrogens is 296 g/mol. The zero-order valence-corrected chi connectivity index (χ0v) is 14.3. The Morgan fingerprint density at radius 2 is 1.82 bits per heavy atom. The van der Waals surface area contributed by atoms with Crippen LogP contribution in [0.1, 0.15) is 25.0 Å². The molecule has 5 heteroatoms. The van der Waals surface area contributed by atoms with Crippen molar-refractivity contribution in [1.29, 1.82) is 0 Å². The predicted octanol–water partition coefficient (Wildman–Crippen LogP) is 3.55. The largest absolute Gasteiger partial charge is 0.281 e. The van der Waals surface area contributed by atoms with Crippen molar-refractivity contribution in [1.82, 2.24) is 4.98 Å². The minimum Gasteiger partial charge on any atom is -0.265 e. The van der Waals surface area contributed by atoms with Crippen molar-refractivity contribution in [3.8, 4) is 0 Å². The van der Waals surface area contributed by atoms with Crippen molar-refractivity contribution in [2.45, 2.75) is 32.7 Å². The standard InChI is InChI=1S/C17H22N2O2S/c1-13(2)12-19(16-9-8-14(3)15(4)11-16)22(20,21)17-7-5-6-10-18-17/h5-11,13H,12H2,1-4H3. The minimum atomic E-state index is -3.66. The molecule has 118 valence electrons. The Balaban J connectivity index is 2.53. The van der Waals surface area contributed by atoms with Crippen LogP contribution < -0.4 is 4.31 Å². The first kappa shape index (κ1) is 16.5. The first-order chi connectivity index (χ1) is 10.3. The van der Waals surface area contributed by atoms with Gasteiger partial charge in [0.1, 0.15) is 0 Å². The normalized spacial score (nSPS) is 11.7. The second-order valence-electron chi connectivity index (χ2n) is 5.87.